The zero-order chi connectivity index (χ0) is 28.9. The van der Waals surface area contributed by atoms with Gasteiger partial charge in [0.25, 0.3) is 0 Å². The van der Waals surface area contributed by atoms with Crippen molar-refractivity contribution < 1.29 is 36.9 Å². The summed E-state index contributed by atoms with van der Waals surface area (Å²) < 4.78 is 57.0. The van der Waals surface area contributed by atoms with E-state index in [1.165, 1.54) is 6.07 Å². The summed E-state index contributed by atoms with van der Waals surface area (Å²) in [5, 5.41) is 9.16. The number of carbonyl (C=O) groups is 1. The Morgan fingerprint density at radius 3 is 2.44 bits per heavy atom. The van der Waals surface area contributed by atoms with Crippen LogP contribution in [0.15, 0.2) is 42.5 Å². The van der Waals surface area contributed by atoms with Gasteiger partial charge in [0.05, 0.1) is 24.5 Å². The molecule has 9 heteroatoms. The Bertz CT molecular complexity index is 1590. The first-order chi connectivity index (χ1) is 19.6. The zero-order valence-corrected chi connectivity index (χ0v) is 23.9. The van der Waals surface area contributed by atoms with E-state index in [1.54, 1.807) is 12.1 Å². The van der Waals surface area contributed by atoms with E-state index in [9.17, 15) is 13.2 Å². The molecule has 1 aliphatic carbocycles. The highest BCUT2D eigenvalue weighted by molar-refractivity contribution is 7.91. The van der Waals surface area contributed by atoms with Gasteiger partial charge in [-0.05, 0) is 91.6 Å². The van der Waals surface area contributed by atoms with Crippen molar-refractivity contribution in [2.24, 2.45) is 0 Å². The first-order valence-electron chi connectivity index (χ1n) is 14.0. The number of halogens is 1. The summed E-state index contributed by atoms with van der Waals surface area (Å²) in [7, 11) is -2.96. The third-order valence-electron chi connectivity index (χ3n) is 8.43. The Labute approximate surface area is 239 Å². The molecule has 0 bridgehead atoms. The molecule has 1 fully saturated rings. The highest BCUT2D eigenvalue weighted by atomic mass is 32.2. The second-order valence-corrected chi connectivity index (χ2v) is 13.6. The van der Waals surface area contributed by atoms with Crippen LogP contribution >= 0.6 is 0 Å². The van der Waals surface area contributed by atoms with Crippen LogP contribution < -0.4 is 14.2 Å². The second-order valence-electron chi connectivity index (χ2n) is 11.3. The van der Waals surface area contributed by atoms with Gasteiger partial charge in [0, 0.05) is 23.1 Å². The molecule has 2 aliphatic heterocycles. The van der Waals surface area contributed by atoms with Gasteiger partial charge in [0.1, 0.15) is 35.3 Å². The largest absolute Gasteiger partial charge is 0.492 e. The summed E-state index contributed by atoms with van der Waals surface area (Å²) in [5.41, 5.74) is 6.39. The summed E-state index contributed by atoms with van der Waals surface area (Å²) in [4.78, 5) is 11.2. The fourth-order valence-electron chi connectivity index (χ4n) is 6.50. The number of rotatable bonds is 7. The van der Waals surface area contributed by atoms with Crippen molar-refractivity contribution in [1.82, 2.24) is 0 Å². The van der Waals surface area contributed by atoms with Crippen LogP contribution in [-0.4, -0.2) is 43.7 Å². The molecule has 2 atom stereocenters. The second kappa shape index (κ2) is 10.7. The standard InChI is InChI=1S/C32H33FO7S/c1-18-13-23(39-21-9-11-41(36,37)12-10-21)14-19(2)31(18)25-5-7-27(33)32-26(25)6-8-28(32)40-22-3-4-24-20(15-30(34)35)17-38-29(24)16-22/h3-5,7,13-14,16,20-21,28H,6,8-12,15,17H2,1-2H3,(H,34,35)/t20?,28-/m1/s1. The number of carboxylic acids is 1. The highest BCUT2D eigenvalue weighted by Gasteiger charge is 2.32. The van der Waals surface area contributed by atoms with E-state index in [2.05, 4.69) is 0 Å². The monoisotopic (exact) mass is 580 g/mol. The number of benzene rings is 3. The molecule has 0 saturated carbocycles. The SMILES string of the molecule is Cc1cc(OC2CCS(=O)(=O)CC2)cc(C)c1-c1ccc(F)c2c1CC[C@H]2Oc1ccc2c(c1)OCC2CC(=O)O. The number of aliphatic carboxylic acids is 1. The van der Waals surface area contributed by atoms with Gasteiger partial charge in [0.2, 0.25) is 0 Å². The maximum atomic E-state index is 15.3. The lowest BCUT2D eigenvalue weighted by molar-refractivity contribution is -0.137. The summed E-state index contributed by atoms with van der Waals surface area (Å²) in [6.45, 7) is 4.35. The number of ether oxygens (including phenoxy) is 3. The maximum absolute atomic E-state index is 15.3. The summed E-state index contributed by atoms with van der Waals surface area (Å²) in [5.74, 6) is 0.854. The predicted octanol–water partition coefficient (Wildman–Crippen LogP) is 6.08. The van der Waals surface area contributed by atoms with Crippen LogP contribution in [0.4, 0.5) is 4.39 Å². The van der Waals surface area contributed by atoms with Crippen LogP contribution in [0.2, 0.25) is 0 Å². The van der Waals surface area contributed by atoms with Crippen LogP contribution in [0.3, 0.4) is 0 Å². The number of carboxylic acid groups (broad SMARTS) is 1. The lowest BCUT2D eigenvalue weighted by Gasteiger charge is -2.24. The Hall–Kier alpha value is -3.59. The van der Waals surface area contributed by atoms with Gasteiger partial charge in [-0.1, -0.05) is 12.1 Å². The van der Waals surface area contributed by atoms with Crippen LogP contribution in [0, 0.1) is 19.7 Å². The first kappa shape index (κ1) is 27.6. The smallest absolute Gasteiger partial charge is 0.304 e. The Morgan fingerprint density at radius 1 is 1.00 bits per heavy atom. The molecule has 0 amide bonds. The van der Waals surface area contributed by atoms with E-state index in [0.717, 1.165) is 39.1 Å². The van der Waals surface area contributed by atoms with E-state index >= 15 is 4.39 Å². The van der Waals surface area contributed by atoms with Crippen LogP contribution in [0.25, 0.3) is 11.1 Å². The fraction of sp³-hybridized carbons (Fsp3) is 0.406. The van der Waals surface area contributed by atoms with Crippen LogP contribution in [0.5, 0.6) is 17.2 Å². The average Bonchev–Trinajstić information content (AvgIpc) is 3.51. The maximum Gasteiger partial charge on any atom is 0.304 e. The highest BCUT2D eigenvalue weighted by Crippen LogP contribution is 2.45. The molecule has 2 heterocycles. The molecule has 3 aromatic carbocycles. The number of hydrogen-bond acceptors (Lipinski definition) is 6. The van der Waals surface area contributed by atoms with Gasteiger partial charge in [-0.25, -0.2) is 12.8 Å². The molecular formula is C32H33FO7S. The molecule has 7 nitrogen and oxygen atoms in total. The average molecular weight is 581 g/mol. The minimum absolute atomic E-state index is 0.00797. The summed E-state index contributed by atoms with van der Waals surface area (Å²) in [6.07, 6.45) is 1.72. The molecule has 216 valence electrons. The van der Waals surface area contributed by atoms with E-state index in [-0.39, 0.29) is 35.8 Å². The van der Waals surface area contributed by atoms with Crippen molar-refractivity contribution >= 4 is 15.8 Å². The number of hydrogen-bond donors (Lipinski definition) is 1. The molecule has 1 N–H and O–H groups in total. The molecule has 3 aliphatic rings. The molecule has 1 saturated heterocycles. The Balaban J connectivity index is 1.24. The topological polar surface area (TPSA) is 99.1 Å². The zero-order valence-electron chi connectivity index (χ0n) is 23.1. The fourth-order valence-corrected chi connectivity index (χ4v) is 7.94. The van der Waals surface area contributed by atoms with E-state index in [0.29, 0.717) is 49.4 Å². The summed E-state index contributed by atoms with van der Waals surface area (Å²) in [6, 6.07) is 12.7. The van der Waals surface area contributed by atoms with Gasteiger partial charge in [-0.15, -0.1) is 0 Å². The lowest BCUT2D eigenvalue weighted by atomic mass is 9.90. The predicted molar refractivity (Wildman–Crippen MR) is 152 cm³/mol. The quantitative estimate of drug-likeness (QED) is 0.362. The summed E-state index contributed by atoms with van der Waals surface area (Å²) >= 11 is 0. The minimum Gasteiger partial charge on any atom is -0.492 e. The molecule has 1 unspecified atom stereocenters. The molecule has 0 radical (unpaired) electrons. The Kier molecular flexibility index (Phi) is 7.18. The van der Waals surface area contributed by atoms with Gasteiger partial charge < -0.3 is 19.3 Å². The molecule has 0 spiro atoms. The molecule has 0 aromatic heterocycles. The van der Waals surface area contributed by atoms with Gasteiger partial charge in [-0.2, -0.15) is 0 Å². The van der Waals surface area contributed by atoms with Gasteiger partial charge >= 0.3 is 5.97 Å². The van der Waals surface area contributed by atoms with Crippen molar-refractivity contribution in [2.45, 2.75) is 64.1 Å². The number of aryl methyl sites for hydroxylation is 2. The number of fused-ring (bicyclic) bond motifs is 2. The van der Waals surface area contributed by atoms with E-state index < -0.39 is 21.9 Å². The van der Waals surface area contributed by atoms with Crippen molar-refractivity contribution in [3.05, 3.63) is 76.1 Å². The van der Waals surface area contributed by atoms with Crippen molar-refractivity contribution in [3.8, 4) is 28.4 Å². The lowest BCUT2D eigenvalue weighted by Crippen LogP contribution is -2.30. The van der Waals surface area contributed by atoms with Crippen molar-refractivity contribution in [2.75, 3.05) is 18.1 Å². The Morgan fingerprint density at radius 2 is 1.73 bits per heavy atom. The number of sulfone groups is 1. The molecule has 6 rings (SSSR count). The van der Waals surface area contributed by atoms with E-state index in [1.807, 2.05) is 38.1 Å². The molecule has 41 heavy (non-hydrogen) atoms. The van der Waals surface area contributed by atoms with Gasteiger partial charge in [0.15, 0.2) is 9.84 Å². The molecular weight excluding hydrogens is 547 g/mol. The van der Waals surface area contributed by atoms with Crippen LogP contribution in [0.1, 0.15) is 65.5 Å². The third-order valence-corrected chi connectivity index (χ3v) is 10.1. The normalized spacial score (nSPS) is 21.1. The van der Waals surface area contributed by atoms with E-state index in [4.69, 9.17) is 19.3 Å². The van der Waals surface area contributed by atoms with Gasteiger partial charge in [-0.3, -0.25) is 4.79 Å². The first-order valence-corrected chi connectivity index (χ1v) is 15.9. The minimum atomic E-state index is -2.96. The van der Waals surface area contributed by atoms with Crippen LogP contribution in [-0.2, 0) is 21.1 Å². The van der Waals surface area contributed by atoms with Crippen molar-refractivity contribution in [1.29, 1.82) is 0 Å². The third kappa shape index (κ3) is 5.52. The van der Waals surface area contributed by atoms with Crippen molar-refractivity contribution in [3.63, 3.8) is 0 Å². The molecule has 3 aromatic rings.